The predicted octanol–water partition coefficient (Wildman–Crippen LogP) is 2.58. The highest BCUT2D eigenvalue weighted by molar-refractivity contribution is 6.15. The van der Waals surface area contributed by atoms with E-state index in [0.717, 1.165) is 17.5 Å². The fourth-order valence-electron chi connectivity index (χ4n) is 3.77. The number of methoxy groups -OCH3 is 3. The quantitative estimate of drug-likeness (QED) is 0.429. The van der Waals surface area contributed by atoms with Gasteiger partial charge in [0.25, 0.3) is 0 Å². The zero-order valence-corrected chi connectivity index (χ0v) is 18.7. The van der Waals surface area contributed by atoms with Gasteiger partial charge in [-0.3, -0.25) is 4.79 Å². The summed E-state index contributed by atoms with van der Waals surface area (Å²) in [4.78, 5) is 26.6. The summed E-state index contributed by atoms with van der Waals surface area (Å²) in [5.41, 5.74) is 2.31. The summed E-state index contributed by atoms with van der Waals surface area (Å²) in [6.45, 7) is 2.06. The van der Waals surface area contributed by atoms with Gasteiger partial charge in [0.15, 0.2) is 17.3 Å². The van der Waals surface area contributed by atoms with E-state index in [1.54, 1.807) is 18.2 Å². The van der Waals surface area contributed by atoms with E-state index in [9.17, 15) is 9.59 Å². The average molecular weight is 449 g/mol. The van der Waals surface area contributed by atoms with E-state index < -0.39 is 17.8 Å². The number of aryl methyl sites for hydroxylation is 1. The van der Waals surface area contributed by atoms with E-state index in [4.69, 9.17) is 14.2 Å². The van der Waals surface area contributed by atoms with Crippen LogP contribution in [0.3, 0.4) is 0 Å². The third kappa shape index (κ3) is 3.91. The first-order chi connectivity index (χ1) is 16.0. The second kappa shape index (κ2) is 9.11. The van der Waals surface area contributed by atoms with Gasteiger partial charge in [0.05, 0.1) is 26.9 Å². The molecule has 33 heavy (non-hydrogen) atoms. The number of ether oxygens (including phenoxy) is 3. The van der Waals surface area contributed by atoms with Gasteiger partial charge < -0.3 is 19.5 Å². The van der Waals surface area contributed by atoms with Gasteiger partial charge in [-0.25, -0.2) is 4.79 Å². The summed E-state index contributed by atoms with van der Waals surface area (Å²) < 4.78 is 17.1. The van der Waals surface area contributed by atoms with E-state index >= 15 is 0 Å². The molecule has 1 N–H and O–H groups in total. The lowest BCUT2D eigenvalue weighted by atomic mass is 9.89. The molecule has 2 heterocycles. The Morgan fingerprint density at radius 1 is 1.03 bits per heavy atom. The third-order valence-corrected chi connectivity index (χ3v) is 5.50. The van der Waals surface area contributed by atoms with Gasteiger partial charge in [0, 0.05) is 5.56 Å². The van der Waals surface area contributed by atoms with Crippen LogP contribution in [0.4, 0.5) is 5.95 Å². The van der Waals surface area contributed by atoms with Gasteiger partial charge >= 0.3 is 5.97 Å². The maximum absolute atomic E-state index is 13.9. The van der Waals surface area contributed by atoms with Crippen molar-refractivity contribution in [1.82, 2.24) is 20.2 Å². The highest BCUT2D eigenvalue weighted by atomic mass is 16.5. The molecule has 1 atom stereocenters. The van der Waals surface area contributed by atoms with Gasteiger partial charge in [-0.05, 0) is 46.2 Å². The fraction of sp³-hybridized carbons (Fsp3) is 0.261. The monoisotopic (exact) mass is 449 g/mol. The number of fused-ring (bicyclic) bond motifs is 1. The number of aromatic nitrogens is 4. The molecule has 0 amide bonds. The molecular formula is C23H23N5O5. The first kappa shape index (κ1) is 22.0. The molecule has 0 bridgehead atoms. The summed E-state index contributed by atoms with van der Waals surface area (Å²) in [6, 6.07) is 11.8. The van der Waals surface area contributed by atoms with Crippen LogP contribution < -0.4 is 14.8 Å². The molecule has 0 saturated heterocycles. The Labute approximate surface area is 190 Å². The second-order valence-corrected chi connectivity index (χ2v) is 7.25. The molecule has 0 unspecified atom stereocenters. The maximum Gasteiger partial charge on any atom is 0.355 e. The second-order valence-electron chi connectivity index (χ2n) is 7.25. The number of ketones is 1. The van der Waals surface area contributed by atoms with Crippen LogP contribution in [0.5, 0.6) is 11.5 Å². The number of hydrogen-bond acceptors (Lipinski definition) is 9. The molecule has 0 fully saturated rings. The zero-order chi connectivity index (χ0) is 23.5. The average Bonchev–Trinajstić information content (AvgIpc) is 3.34. The first-order valence-electron chi connectivity index (χ1n) is 10.2. The van der Waals surface area contributed by atoms with Crippen LogP contribution in [0.15, 0.2) is 53.7 Å². The van der Waals surface area contributed by atoms with Crippen molar-refractivity contribution in [2.45, 2.75) is 19.4 Å². The molecule has 0 aliphatic carbocycles. The van der Waals surface area contributed by atoms with E-state index in [-0.39, 0.29) is 17.2 Å². The summed E-state index contributed by atoms with van der Waals surface area (Å²) in [6.07, 6.45) is 0.864. The molecule has 10 heteroatoms. The Morgan fingerprint density at radius 3 is 2.39 bits per heavy atom. The molecule has 170 valence electrons. The van der Waals surface area contributed by atoms with Gasteiger partial charge in [0.1, 0.15) is 11.7 Å². The van der Waals surface area contributed by atoms with Crippen LogP contribution in [-0.4, -0.2) is 53.3 Å². The lowest BCUT2D eigenvalue weighted by Gasteiger charge is -2.28. The molecule has 4 rings (SSSR count). The summed E-state index contributed by atoms with van der Waals surface area (Å²) in [7, 11) is 4.24. The van der Waals surface area contributed by atoms with Crippen LogP contribution in [0.2, 0.25) is 0 Å². The number of hydrogen-bond donors (Lipinski definition) is 1. The van der Waals surface area contributed by atoms with Crippen molar-refractivity contribution in [1.29, 1.82) is 0 Å². The van der Waals surface area contributed by atoms with Crippen LogP contribution in [0.1, 0.15) is 34.5 Å². The van der Waals surface area contributed by atoms with Crippen molar-refractivity contribution in [2.24, 2.45) is 0 Å². The van der Waals surface area contributed by atoms with Gasteiger partial charge in [-0.15, -0.1) is 0 Å². The molecule has 1 aromatic heterocycles. The Morgan fingerprint density at radius 2 is 1.76 bits per heavy atom. The number of rotatable bonds is 7. The highest BCUT2D eigenvalue weighted by Crippen LogP contribution is 2.38. The largest absolute Gasteiger partial charge is 0.493 e. The van der Waals surface area contributed by atoms with Crippen LogP contribution in [0.25, 0.3) is 0 Å². The van der Waals surface area contributed by atoms with Gasteiger partial charge in [-0.2, -0.15) is 4.68 Å². The van der Waals surface area contributed by atoms with E-state index in [0.29, 0.717) is 17.1 Å². The Bertz CT molecular complexity index is 1230. The van der Waals surface area contributed by atoms with Gasteiger partial charge in [-0.1, -0.05) is 36.3 Å². The van der Waals surface area contributed by atoms with Crippen molar-refractivity contribution in [3.8, 4) is 11.5 Å². The van der Waals surface area contributed by atoms with E-state index in [1.807, 2.05) is 24.3 Å². The number of esters is 1. The summed E-state index contributed by atoms with van der Waals surface area (Å²) >= 11 is 0. The maximum atomic E-state index is 13.9. The Balaban J connectivity index is 1.91. The van der Waals surface area contributed by atoms with Crippen molar-refractivity contribution >= 4 is 17.7 Å². The zero-order valence-electron chi connectivity index (χ0n) is 18.7. The SMILES string of the molecule is CCc1ccc([C@H]2C(C(=O)c3ccc(OC)c(OC)c3)=C(C(=O)OC)Nc3nnnn32)cc1. The summed E-state index contributed by atoms with van der Waals surface area (Å²) in [5, 5.41) is 14.6. The van der Waals surface area contributed by atoms with Crippen LogP contribution in [0, 0.1) is 0 Å². The topological polar surface area (TPSA) is 117 Å². The third-order valence-electron chi connectivity index (χ3n) is 5.50. The number of nitrogens with zero attached hydrogens (tertiary/aromatic N) is 4. The summed E-state index contributed by atoms with van der Waals surface area (Å²) in [5.74, 6) is -0.0200. The van der Waals surface area contributed by atoms with Crippen molar-refractivity contribution < 1.29 is 23.8 Å². The van der Waals surface area contributed by atoms with E-state index in [1.165, 1.54) is 26.0 Å². The molecule has 0 saturated carbocycles. The van der Waals surface area contributed by atoms with Gasteiger partial charge in [0.2, 0.25) is 5.95 Å². The van der Waals surface area contributed by atoms with Crippen molar-refractivity contribution in [3.05, 3.63) is 70.4 Å². The minimum absolute atomic E-state index is 0.0239. The number of tetrazole rings is 1. The molecule has 1 aliphatic rings. The van der Waals surface area contributed by atoms with E-state index in [2.05, 4.69) is 27.8 Å². The molecular weight excluding hydrogens is 426 g/mol. The lowest BCUT2D eigenvalue weighted by molar-refractivity contribution is -0.136. The smallest absolute Gasteiger partial charge is 0.355 e. The number of allylic oxidation sites excluding steroid dienone is 1. The highest BCUT2D eigenvalue weighted by Gasteiger charge is 2.38. The van der Waals surface area contributed by atoms with Crippen LogP contribution >= 0.6 is 0 Å². The molecule has 0 radical (unpaired) electrons. The lowest BCUT2D eigenvalue weighted by Crippen LogP contribution is -2.33. The Hall–Kier alpha value is -4.21. The number of nitrogens with one attached hydrogen (secondary N) is 1. The molecule has 2 aromatic carbocycles. The number of Topliss-reactive ketones (excluding diaryl/α,β-unsaturated/α-hetero) is 1. The standard InChI is InChI=1S/C23H23N5O5/c1-5-13-6-8-14(9-7-13)20-18(19(22(30)33-4)24-23-25-26-27-28(20)23)21(29)15-10-11-16(31-2)17(12-15)32-3/h6-12,20H,5H2,1-4H3,(H,24,25,27)/t20-/m0/s1. The number of benzene rings is 2. The minimum atomic E-state index is -0.753. The first-order valence-corrected chi connectivity index (χ1v) is 10.2. The molecule has 1 aliphatic heterocycles. The molecule has 10 nitrogen and oxygen atoms in total. The normalized spacial score (nSPS) is 14.8. The number of anilines is 1. The minimum Gasteiger partial charge on any atom is -0.493 e. The van der Waals surface area contributed by atoms with Crippen LogP contribution in [-0.2, 0) is 16.0 Å². The number of carbonyl (C=O) groups is 2. The van der Waals surface area contributed by atoms with Crippen molar-refractivity contribution in [3.63, 3.8) is 0 Å². The molecule has 3 aromatic rings. The molecule has 0 spiro atoms. The van der Waals surface area contributed by atoms with Crippen molar-refractivity contribution in [2.75, 3.05) is 26.6 Å². The predicted molar refractivity (Wildman–Crippen MR) is 118 cm³/mol. The number of carbonyl (C=O) groups excluding carboxylic acids is 2. The fourth-order valence-corrected chi connectivity index (χ4v) is 3.77. The Kier molecular flexibility index (Phi) is 6.07.